The molecule has 26 heavy (non-hydrogen) atoms. The number of hydrogen-bond donors (Lipinski definition) is 1. The average molecular weight is 393 g/mol. The highest BCUT2D eigenvalue weighted by Crippen LogP contribution is 2.18. The summed E-state index contributed by atoms with van der Waals surface area (Å²) in [5, 5.41) is 3.45. The zero-order valence-electron chi connectivity index (χ0n) is 14.7. The molecule has 0 radical (unpaired) electrons. The van der Waals surface area contributed by atoms with Gasteiger partial charge in [0.05, 0.1) is 6.42 Å². The Labute approximate surface area is 156 Å². The number of hydrogen-bond acceptors (Lipinski definition) is 3. The van der Waals surface area contributed by atoms with E-state index < -0.39 is 12.6 Å². The molecule has 0 amide bonds. The van der Waals surface area contributed by atoms with E-state index in [0.29, 0.717) is 30.7 Å². The number of alkyl halides is 3. The lowest BCUT2D eigenvalue weighted by Crippen LogP contribution is -2.53. The molecular formula is C17H24ClF3N4O. The molecule has 1 fully saturated rings. The van der Waals surface area contributed by atoms with Gasteiger partial charge in [0, 0.05) is 51.3 Å². The van der Waals surface area contributed by atoms with E-state index in [4.69, 9.17) is 16.3 Å². The number of ether oxygens (including phenoxy) is 1. The Balaban J connectivity index is 1.66. The van der Waals surface area contributed by atoms with Crippen molar-refractivity contribution in [3.8, 4) is 5.75 Å². The van der Waals surface area contributed by atoms with Gasteiger partial charge < -0.3 is 15.0 Å². The van der Waals surface area contributed by atoms with E-state index in [9.17, 15) is 13.2 Å². The van der Waals surface area contributed by atoms with Gasteiger partial charge in [0.1, 0.15) is 12.4 Å². The molecule has 0 unspecified atom stereocenters. The lowest BCUT2D eigenvalue weighted by Gasteiger charge is -2.36. The van der Waals surface area contributed by atoms with E-state index in [1.807, 2.05) is 17.0 Å². The fourth-order valence-corrected chi connectivity index (χ4v) is 2.78. The summed E-state index contributed by atoms with van der Waals surface area (Å²) in [4.78, 5) is 8.31. The number of halogens is 4. The standard InChI is InChI=1S/C17H24ClF3N4O/c1-22-16(23-7-6-17(19,20)21)25-10-8-24(9-11-25)12-13-26-15-4-2-14(18)3-5-15/h2-5H,6-13H2,1H3,(H,22,23). The number of guanidine groups is 1. The van der Waals surface area contributed by atoms with Crippen LogP contribution in [0.2, 0.25) is 5.02 Å². The Morgan fingerprint density at radius 3 is 2.42 bits per heavy atom. The average Bonchev–Trinajstić information content (AvgIpc) is 2.60. The van der Waals surface area contributed by atoms with Gasteiger partial charge in [-0.25, -0.2) is 0 Å². The Kier molecular flexibility index (Phi) is 7.84. The van der Waals surface area contributed by atoms with Crippen molar-refractivity contribution in [3.05, 3.63) is 29.3 Å². The summed E-state index contributed by atoms with van der Waals surface area (Å²) in [5.74, 6) is 1.30. The first-order chi connectivity index (χ1) is 12.4. The highest BCUT2D eigenvalue weighted by Gasteiger charge is 2.27. The molecule has 2 rings (SSSR count). The van der Waals surface area contributed by atoms with Crippen molar-refractivity contribution < 1.29 is 17.9 Å². The Hall–Kier alpha value is -1.67. The second-order valence-corrected chi connectivity index (χ2v) is 6.41. The summed E-state index contributed by atoms with van der Waals surface area (Å²) in [6.07, 6.45) is -5.03. The van der Waals surface area contributed by atoms with Gasteiger partial charge >= 0.3 is 6.18 Å². The third kappa shape index (κ3) is 7.29. The highest BCUT2D eigenvalue weighted by molar-refractivity contribution is 6.30. The largest absolute Gasteiger partial charge is 0.492 e. The lowest BCUT2D eigenvalue weighted by atomic mass is 10.3. The maximum Gasteiger partial charge on any atom is 0.390 e. The number of piperazine rings is 1. The summed E-state index contributed by atoms with van der Waals surface area (Å²) in [7, 11) is 1.59. The predicted molar refractivity (Wildman–Crippen MR) is 97.0 cm³/mol. The second kappa shape index (κ2) is 9.87. The van der Waals surface area contributed by atoms with Crippen LogP contribution in [0.5, 0.6) is 5.75 Å². The molecule has 1 saturated heterocycles. The van der Waals surface area contributed by atoms with Gasteiger partial charge in [0.15, 0.2) is 5.96 Å². The summed E-state index contributed by atoms with van der Waals surface area (Å²) < 4.78 is 42.4. The van der Waals surface area contributed by atoms with Crippen LogP contribution < -0.4 is 10.1 Å². The van der Waals surface area contributed by atoms with Crippen LogP contribution in [0.25, 0.3) is 0 Å². The number of nitrogens with one attached hydrogen (secondary N) is 1. The van der Waals surface area contributed by atoms with E-state index in [0.717, 1.165) is 25.4 Å². The van der Waals surface area contributed by atoms with Crippen molar-refractivity contribution in [2.75, 3.05) is 52.9 Å². The molecule has 1 N–H and O–H groups in total. The summed E-state index contributed by atoms with van der Waals surface area (Å²) in [6, 6.07) is 7.23. The Morgan fingerprint density at radius 1 is 1.19 bits per heavy atom. The molecule has 0 aromatic heterocycles. The van der Waals surface area contributed by atoms with Gasteiger partial charge in [-0.1, -0.05) is 11.6 Å². The number of benzene rings is 1. The van der Waals surface area contributed by atoms with Crippen molar-refractivity contribution in [2.24, 2.45) is 4.99 Å². The first-order valence-electron chi connectivity index (χ1n) is 8.50. The maximum atomic E-state index is 12.2. The molecule has 0 spiro atoms. The fourth-order valence-electron chi connectivity index (χ4n) is 2.66. The number of rotatable bonds is 6. The van der Waals surface area contributed by atoms with Crippen molar-refractivity contribution in [3.63, 3.8) is 0 Å². The van der Waals surface area contributed by atoms with Gasteiger partial charge in [-0.2, -0.15) is 13.2 Å². The molecule has 0 bridgehead atoms. The molecule has 1 aliphatic rings. The summed E-state index contributed by atoms with van der Waals surface area (Å²) in [5.41, 5.74) is 0. The molecule has 1 heterocycles. The third-order valence-electron chi connectivity index (χ3n) is 4.07. The quantitative estimate of drug-likeness (QED) is 0.597. The number of nitrogens with zero attached hydrogens (tertiary/aromatic N) is 3. The van der Waals surface area contributed by atoms with Gasteiger partial charge in [0.25, 0.3) is 0 Å². The van der Waals surface area contributed by atoms with Gasteiger partial charge in [-0.05, 0) is 24.3 Å². The van der Waals surface area contributed by atoms with Crippen LogP contribution >= 0.6 is 11.6 Å². The first kappa shape index (κ1) is 20.6. The van der Waals surface area contributed by atoms with Gasteiger partial charge in [-0.15, -0.1) is 0 Å². The second-order valence-electron chi connectivity index (χ2n) is 5.97. The molecule has 1 aliphatic heterocycles. The van der Waals surface area contributed by atoms with Crippen LogP contribution in [-0.4, -0.2) is 74.9 Å². The van der Waals surface area contributed by atoms with E-state index in [1.54, 1.807) is 19.2 Å². The lowest BCUT2D eigenvalue weighted by molar-refractivity contribution is -0.132. The van der Waals surface area contributed by atoms with E-state index in [2.05, 4.69) is 15.2 Å². The monoisotopic (exact) mass is 392 g/mol. The van der Waals surface area contributed by atoms with Crippen LogP contribution in [0.1, 0.15) is 6.42 Å². The molecular weight excluding hydrogens is 369 g/mol. The van der Waals surface area contributed by atoms with E-state index in [-0.39, 0.29) is 6.54 Å². The minimum atomic E-state index is -4.16. The normalized spacial score (nSPS) is 16.7. The molecule has 0 saturated carbocycles. The maximum absolute atomic E-state index is 12.2. The van der Waals surface area contributed by atoms with Crippen molar-refractivity contribution in [1.29, 1.82) is 0 Å². The highest BCUT2D eigenvalue weighted by atomic mass is 35.5. The Bertz CT molecular complexity index is 572. The molecule has 1 aromatic carbocycles. The van der Waals surface area contributed by atoms with Crippen molar-refractivity contribution >= 4 is 17.6 Å². The van der Waals surface area contributed by atoms with Gasteiger partial charge in [-0.3, -0.25) is 9.89 Å². The SMILES string of the molecule is CN=C(NCCC(F)(F)F)N1CCN(CCOc2ccc(Cl)cc2)CC1. The predicted octanol–water partition coefficient (Wildman–Crippen LogP) is 2.86. The minimum absolute atomic E-state index is 0.161. The van der Waals surface area contributed by atoms with Crippen molar-refractivity contribution in [2.45, 2.75) is 12.6 Å². The minimum Gasteiger partial charge on any atom is -0.492 e. The molecule has 1 aromatic rings. The molecule has 5 nitrogen and oxygen atoms in total. The Morgan fingerprint density at radius 2 is 1.85 bits per heavy atom. The zero-order chi connectivity index (χ0) is 19.0. The topological polar surface area (TPSA) is 40.1 Å². The van der Waals surface area contributed by atoms with Crippen LogP contribution in [0.4, 0.5) is 13.2 Å². The first-order valence-corrected chi connectivity index (χ1v) is 8.88. The van der Waals surface area contributed by atoms with Crippen LogP contribution in [0, 0.1) is 0 Å². The summed E-state index contributed by atoms with van der Waals surface area (Å²) in [6.45, 7) is 4.25. The van der Waals surface area contributed by atoms with Gasteiger partial charge in [0.2, 0.25) is 0 Å². The van der Waals surface area contributed by atoms with E-state index >= 15 is 0 Å². The van der Waals surface area contributed by atoms with Crippen LogP contribution in [0.15, 0.2) is 29.3 Å². The third-order valence-corrected chi connectivity index (χ3v) is 4.32. The smallest absolute Gasteiger partial charge is 0.390 e. The van der Waals surface area contributed by atoms with E-state index in [1.165, 1.54) is 0 Å². The molecule has 146 valence electrons. The van der Waals surface area contributed by atoms with Crippen LogP contribution in [-0.2, 0) is 0 Å². The zero-order valence-corrected chi connectivity index (χ0v) is 15.5. The number of aliphatic imine (C=N–C) groups is 1. The van der Waals surface area contributed by atoms with Crippen molar-refractivity contribution in [1.82, 2.24) is 15.1 Å². The van der Waals surface area contributed by atoms with Crippen LogP contribution in [0.3, 0.4) is 0 Å². The molecule has 0 aliphatic carbocycles. The molecule has 9 heteroatoms. The fraction of sp³-hybridized carbons (Fsp3) is 0.588. The molecule has 0 atom stereocenters. The summed E-state index contributed by atoms with van der Waals surface area (Å²) >= 11 is 5.83.